The van der Waals surface area contributed by atoms with Crippen LogP contribution in [0.25, 0.3) is 17.1 Å². The number of pyridine rings is 1. The highest BCUT2D eigenvalue weighted by molar-refractivity contribution is 6.07. The molecule has 5 rings (SSSR count). The minimum atomic E-state index is -4.36. The summed E-state index contributed by atoms with van der Waals surface area (Å²) in [5.41, 5.74) is 0.744. The number of alkyl halides is 3. The Labute approximate surface area is 178 Å². The average Bonchev–Trinajstić information content (AvgIpc) is 3.53. The minimum absolute atomic E-state index is 0.0101. The van der Waals surface area contributed by atoms with Crippen molar-refractivity contribution in [3.63, 3.8) is 0 Å². The smallest absolute Gasteiger partial charge is 0.408 e. The van der Waals surface area contributed by atoms with E-state index in [0.29, 0.717) is 17.9 Å². The fraction of sp³-hybridized carbons (Fsp3) is 0.250. The minimum Gasteiger partial charge on any atom is -0.442 e. The van der Waals surface area contributed by atoms with Crippen molar-refractivity contribution < 1.29 is 22.4 Å². The molecule has 0 spiro atoms. The van der Waals surface area contributed by atoms with Crippen LogP contribution in [0.4, 0.5) is 24.8 Å². The monoisotopic (exact) mass is 443 g/mol. The molecule has 1 aliphatic rings. The van der Waals surface area contributed by atoms with Crippen molar-refractivity contribution in [2.24, 2.45) is 0 Å². The third-order valence-corrected chi connectivity index (χ3v) is 5.20. The van der Waals surface area contributed by atoms with Crippen molar-refractivity contribution in [2.75, 3.05) is 16.8 Å². The van der Waals surface area contributed by atoms with E-state index >= 15 is 0 Å². The lowest BCUT2D eigenvalue weighted by molar-refractivity contribution is -0.146. The zero-order valence-electron chi connectivity index (χ0n) is 16.5. The average molecular weight is 443 g/mol. The Morgan fingerprint density at radius 1 is 1.19 bits per heavy atom. The molecule has 0 aliphatic carbocycles. The molecule has 1 aliphatic heterocycles. The van der Waals surface area contributed by atoms with Gasteiger partial charge in [0.25, 0.3) is 5.91 Å². The standard InChI is InChI=1S/C20H16F3N7O2/c21-20(22,23)15-4-2-7-29(15)17-6-8-30-18(28-17)12(9-25-30)19(31)27-16-5-1-3-13(26-16)14-10-24-11-32-14/h1,3,5-6,8-11,15H,2,4,7H2,(H,26,27,31). The lowest BCUT2D eigenvalue weighted by Gasteiger charge is -2.27. The molecule has 164 valence electrons. The lowest BCUT2D eigenvalue weighted by atomic mass is 10.2. The fourth-order valence-electron chi connectivity index (χ4n) is 3.73. The van der Waals surface area contributed by atoms with Crippen LogP contribution in [0.1, 0.15) is 23.2 Å². The van der Waals surface area contributed by atoms with Crippen LogP contribution in [0.5, 0.6) is 0 Å². The number of halogens is 3. The third kappa shape index (κ3) is 3.63. The van der Waals surface area contributed by atoms with Crippen LogP contribution in [-0.2, 0) is 0 Å². The number of hydrogen-bond acceptors (Lipinski definition) is 7. The summed E-state index contributed by atoms with van der Waals surface area (Å²) < 4.78 is 46.7. The van der Waals surface area contributed by atoms with Gasteiger partial charge in [-0.25, -0.2) is 19.5 Å². The largest absolute Gasteiger partial charge is 0.442 e. The van der Waals surface area contributed by atoms with E-state index in [4.69, 9.17) is 4.42 Å². The molecule has 0 radical (unpaired) electrons. The number of oxazole rings is 1. The summed E-state index contributed by atoms with van der Waals surface area (Å²) in [6.07, 6.45) is 1.64. The predicted octanol–water partition coefficient (Wildman–Crippen LogP) is 3.56. The first-order valence-corrected chi connectivity index (χ1v) is 9.75. The highest BCUT2D eigenvalue weighted by Gasteiger charge is 2.46. The maximum Gasteiger partial charge on any atom is 0.408 e. The number of fused-ring (bicyclic) bond motifs is 1. The molecular formula is C20H16F3N7O2. The van der Waals surface area contributed by atoms with Crippen molar-refractivity contribution >= 4 is 23.2 Å². The van der Waals surface area contributed by atoms with Crippen LogP contribution in [0.2, 0.25) is 0 Å². The number of aromatic nitrogens is 5. The molecule has 0 bridgehead atoms. The molecule has 4 aromatic rings. The Morgan fingerprint density at radius 3 is 2.84 bits per heavy atom. The van der Waals surface area contributed by atoms with Crippen molar-refractivity contribution in [2.45, 2.75) is 25.1 Å². The van der Waals surface area contributed by atoms with Crippen LogP contribution in [0.15, 0.2) is 53.7 Å². The van der Waals surface area contributed by atoms with Gasteiger partial charge in [0.05, 0.1) is 12.4 Å². The molecule has 4 aromatic heterocycles. The molecule has 12 heteroatoms. The number of nitrogens with zero attached hydrogens (tertiary/aromatic N) is 6. The second-order valence-corrected chi connectivity index (χ2v) is 7.23. The normalized spacial score (nSPS) is 16.6. The Hall–Kier alpha value is -3.96. The van der Waals surface area contributed by atoms with Gasteiger partial charge >= 0.3 is 6.18 Å². The van der Waals surface area contributed by atoms with Crippen molar-refractivity contribution in [1.82, 2.24) is 24.6 Å². The number of carbonyl (C=O) groups is 1. The maximum atomic E-state index is 13.4. The van der Waals surface area contributed by atoms with Crippen LogP contribution in [0.3, 0.4) is 0 Å². The van der Waals surface area contributed by atoms with Gasteiger partial charge < -0.3 is 14.6 Å². The van der Waals surface area contributed by atoms with Crippen LogP contribution >= 0.6 is 0 Å². The van der Waals surface area contributed by atoms with Gasteiger partial charge in [0.2, 0.25) is 0 Å². The summed E-state index contributed by atoms with van der Waals surface area (Å²) in [5, 5.41) is 6.75. The summed E-state index contributed by atoms with van der Waals surface area (Å²) in [5.74, 6) is 0.308. The van der Waals surface area contributed by atoms with Gasteiger partial charge in [-0.05, 0) is 31.0 Å². The van der Waals surface area contributed by atoms with Crippen molar-refractivity contribution in [3.05, 3.63) is 54.8 Å². The molecule has 1 amide bonds. The molecule has 1 fully saturated rings. The summed E-state index contributed by atoms with van der Waals surface area (Å²) in [6, 6.07) is 4.86. The molecule has 1 N–H and O–H groups in total. The predicted molar refractivity (Wildman–Crippen MR) is 107 cm³/mol. The number of amides is 1. The second kappa shape index (κ2) is 7.62. The molecule has 0 saturated carbocycles. The van der Waals surface area contributed by atoms with E-state index in [-0.39, 0.29) is 35.8 Å². The highest BCUT2D eigenvalue weighted by Crippen LogP contribution is 2.35. The first-order valence-electron chi connectivity index (χ1n) is 9.75. The van der Waals surface area contributed by atoms with Gasteiger partial charge in [-0.2, -0.15) is 18.3 Å². The van der Waals surface area contributed by atoms with E-state index in [9.17, 15) is 18.0 Å². The number of anilines is 2. The first-order chi connectivity index (χ1) is 15.4. The van der Waals surface area contributed by atoms with Crippen molar-refractivity contribution in [1.29, 1.82) is 0 Å². The van der Waals surface area contributed by atoms with Gasteiger partial charge in [-0.1, -0.05) is 6.07 Å². The van der Waals surface area contributed by atoms with Gasteiger partial charge in [0, 0.05) is 12.7 Å². The Balaban J connectivity index is 1.43. The molecule has 1 unspecified atom stereocenters. The lowest BCUT2D eigenvalue weighted by Crippen LogP contribution is -2.41. The summed E-state index contributed by atoms with van der Waals surface area (Å²) in [4.78, 5) is 26.6. The second-order valence-electron chi connectivity index (χ2n) is 7.23. The molecule has 1 saturated heterocycles. The number of hydrogen-bond donors (Lipinski definition) is 1. The van der Waals surface area contributed by atoms with Gasteiger partial charge in [-0.15, -0.1) is 0 Å². The Morgan fingerprint density at radius 2 is 2.06 bits per heavy atom. The topological polar surface area (TPSA) is 101 Å². The molecule has 5 heterocycles. The SMILES string of the molecule is O=C(Nc1cccc(-c2cnco2)n1)c1cnn2ccc(N3CCCC3C(F)(F)F)nc12. The van der Waals surface area contributed by atoms with Gasteiger partial charge in [0.1, 0.15) is 28.9 Å². The summed E-state index contributed by atoms with van der Waals surface area (Å²) >= 11 is 0. The van der Waals surface area contributed by atoms with Gasteiger partial charge in [0.15, 0.2) is 17.8 Å². The molecule has 1 atom stereocenters. The summed E-state index contributed by atoms with van der Waals surface area (Å²) in [7, 11) is 0. The van der Waals surface area contributed by atoms with Crippen LogP contribution in [-0.4, -0.2) is 49.2 Å². The quantitative estimate of drug-likeness (QED) is 0.515. The summed E-state index contributed by atoms with van der Waals surface area (Å²) in [6.45, 7) is 0.237. The van der Waals surface area contributed by atoms with E-state index in [0.717, 1.165) is 0 Å². The van der Waals surface area contributed by atoms with Crippen LogP contribution < -0.4 is 10.2 Å². The zero-order chi connectivity index (χ0) is 22.3. The third-order valence-electron chi connectivity index (χ3n) is 5.20. The fourth-order valence-corrected chi connectivity index (χ4v) is 3.73. The van der Waals surface area contributed by atoms with Gasteiger partial charge in [-0.3, -0.25) is 4.79 Å². The first kappa shape index (κ1) is 20.0. The molecule has 0 aromatic carbocycles. The van der Waals surface area contributed by atoms with Crippen LogP contribution in [0, 0.1) is 0 Å². The Kier molecular flexibility index (Phi) is 4.76. The Bertz CT molecular complexity index is 1270. The molecular weight excluding hydrogens is 427 g/mol. The van der Waals surface area contributed by atoms with E-state index < -0.39 is 18.1 Å². The number of nitrogens with one attached hydrogen (secondary N) is 1. The zero-order valence-corrected chi connectivity index (χ0v) is 16.5. The number of carbonyl (C=O) groups excluding carboxylic acids is 1. The van der Waals surface area contributed by atoms with E-state index in [1.165, 1.54) is 40.5 Å². The maximum absolute atomic E-state index is 13.4. The van der Waals surface area contributed by atoms with E-state index in [1.807, 2.05) is 0 Å². The molecule has 32 heavy (non-hydrogen) atoms. The highest BCUT2D eigenvalue weighted by atomic mass is 19.4. The van der Waals surface area contributed by atoms with Crippen molar-refractivity contribution in [3.8, 4) is 11.5 Å². The van der Waals surface area contributed by atoms with E-state index in [2.05, 4.69) is 25.4 Å². The molecule has 9 nitrogen and oxygen atoms in total. The van der Waals surface area contributed by atoms with E-state index in [1.54, 1.807) is 18.2 Å². The number of rotatable bonds is 4.